The summed E-state index contributed by atoms with van der Waals surface area (Å²) in [6.45, 7) is 11.0. The maximum atomic E-state index is 12.3. The number of hydrogen-bond acceptors (Lipinski definition) is 3. The molecule has 0 aliphatic carbocycles. The average Bonchev–Trinajstić information content (AvgIpc) is 2.58. The van der Waals surface area contributed by atoms with Crippen LogP contribution in [0.3, 0.4) is 0 Å². The second-order valence-corrected chi connectivity index (χ2v) is 5.99. The molecule has 0 spiro atoms. The molecule has 4 heteroatoms. The molecule has 1 heterocycles. The SMILES string of the molecule is CCOC(=O)C(C)(C)C(=O)N1CCC(C)(C)C1. The van der Waals surface area contributed by atoms with Crippen LogP contribution in [0, 0.1) is 10.8 Å². The van der Waals surface area contributed by atoms with Gasteiger partial charge in [0.1, 0.15) is 5.41 Å². The third-order valence-corrected chi connectivity index (χ3v) is 3.29. The van der Waals surface area contributed by atoms with Crippen LogP contribution in [0.4, 0.5) is 0 Å². The van der Waals surface area contributed by atoms with E-state index in [0.29, 0.717) is 13.2 Å². The van der Waals surface area contributed by atoms with Crippen molar-refractivity contribution in [1.82, 2.24) is 4.90 Å². The van der Waals surface area contributed by atoms with Crippen LogP contribution in [-0.4, -0.2) is 36.5 Å². The molecule has 98 valence electrons. The van der Waals surface area contributed by atoms with Gasteiger partial charge in [-0.15, -0.1) is 0 Å². The van der Waals surface area contributed by atoms with Crippen molar-refractivity contribution in [2.75, 3.05) is 19.7 Å². The van der Waals surface area contributed by atoms with Gasteiger partial charge in [0.25, 0.3) is 0 Å². The van der Waals surface area contributed by atoms with E-state index in [1.807, 2.05) is 0 Å². The lowest BCUT2D eigenvalue weighted by Gasteiger charge is -2.28. The van der Waals surface area contributed by atoms with Gasteiger partial charge >= 0.3 is 5.97 Å². The third kappa shape index (κ3) is 2.99. The monoisotopic (exact) mass is 241 g/mol. The van der Waals surface area contributed by atoms with Crippen molar-refractivity contribution < 1.29 is 14.3 Å². The molecular formula is C13H23NO3. The number of carbonyl (C=O) groups excluding carboxylic acids is 2. The van der Waals surface area contributed by atoms with Gasteiger partial charge in [0.2, 0.25) is 5.91 Å². The first-order valence-electron chi connectivity index (χ1n) is 6.17. The van der Waals surface area contributed by atoms with Crippen LogP contribution in [0.1, 0.15) is 41.0 Å². The summed E-state index contributed by atoms with van der Waals surface area (Å²) < 4.78 is 4.95. The molecule has 0 radical (unpaired) electrons. The van der Waals surface area contributed by atoms with Gasteiger partial charge in [-0.1, -0.05) is 13.8 Å². The standard InChI is InChI=1S/C13H23NO3/c1-6-17-11(16)13(4,5)10(15)14-8-7-12(2,3)9-14/h6-9H2,1-5H3. The number of rotatable bonds is 3. The summed E-state index contributed by atoms with van der Waals surface area (Å²) in [4.78, 5) is 25.8. The summed E-state index contributed by atoms with van der Waals surface area (Å²) in [5.41, 5.74) is -0.920. The molecule has 4 nitrogen and oxygen atoms in total. The highest BCUT2D eigenvalue weighted by Gasteiger charge is 2.43. The highest BCUT2D eigenvalue weighted by atomic mass is 16.5. The van der Waals surface area contributed by atoms with Gasteiger partial charge in [-0.05, 0) is 32.6 Å². The molecule has 1 fully saturated rings. The van der Waals surface area contributed by atoms with Crippen molar-refractivity contribution in [1.29, 1.82) is 0 Å². The molecule has 0 N–H and O–H groups in total. The first kappa shape index (κ1) is 14.0. The van der Waals surface area contributed by atoms with E-state index >= 15 is 0 Å². The zero-order valence-corrected chi connectivity index (χ0v) is 11.5. The largest absolute Gasteiger partial charge is 0.465 e. The van der Waals surface area contributed by atoms with Crippen LogP contribution in [0.25, 0.3) is 0 Å². The molecule has 1 rings (SSSR count). The first-order valence-corrected chi connectivity index (χ1v) is 6.17. The van der Waals surface area contributed by atoms with Crippen LogP contribution in [-0.2, 0) is 14.3 Å². The Labute approximate surface area is 103 Å². The first-order chi connectivity index (χ1) is 7.70. The maximum Gasteiger partial charge on any atom is 0.321 e. The predicted octanol–water partition coefficient (Wildman–Crippen LogP) is 1.83. The summed E-state index contributed by atoms with van der Waals surface area (Å²) in [6, 6.07) is 0. The molecule has 1 amide bonds. The number of amides is 1. The Morgan fingerprint density at radius 1 is 1.35 bits per heavy atom. The average molecular weight is 241 g/mol. The second kappa shape index (κ2) is 4.67. The zero-order valence-electron chi connectivity index (χ0n) is 11.5. The van der Waals surface area contributed by atoms with Crippen LogP contribution < -0.4 is 0 Å². The van der Waals surface area contributed by atoms with Crippen molar-refractivity contribution in [3.63, 3.8) is 0 Å². The topological polar surface area (TPSA) is 46.6 Å². The molecule has 1 aliphatic rings. The molecule has 1 saturated heterocycles. The Morgan fingerprint density at radius 3 is 2.35 bits per heavy atom. The van der Waals surface area contributed by atoms with Crippen LogP contribution in [0.2, 0.25) is 0 Å². The summed E-state index contributed by atoms with van der Waals surface area (Å²) in [6.07, 6.45) is 0.984. The fourth-order valence-electron chi connectivity index (χ4n) is 2.08. The van der Waals surface area contributed by atoms with Crippen molar-refractivity contribution in [3.8, 4) is 0 Å². The molecule has 0 unspecified atom stereocenters. The molecule has 0 aromatic heterocycles. The fourth-order valence-corrected chi connectivity index (χ4v) is 2.08. The molecule has 0 saturated carbocycles. The van der Waals surface area contributed by atoms with Crippen LogP contribution in [0.5, 0.6) is 0 Å². The number of nitrogens with zero attached hydrogens (tertiary/aromatic N) is 1. The molecular weight excluding hydrogens is 218 g/mol. The number of carbonyl (C=O) groups is 2. The molecule has 1 aliphatic heterocycles. The summed E-state index contributed by atoms with van der Waals surface area (Å²) >= 11 is 0. The Hall–Kier alpha value is -1.06. The van der Waals surface area contributed by atoms with E-state index in [-0.39, 0.29) is 11.3 Å². The third-order valence-electron chi connectivity index (χ3n) is 3.29. The molecule has 0 aromatic rings. The van der Waals surface area contributed by atoms with E-state index in [2.05, 4.69) is 13.8 Å². The minimum Gasteiger partial charge on any atom is -0.465 e. The summed E-state index contributed by atoms with van der Waals surface area (Å²) in [5, 5.41) is 0. The normalized spacial score (nSPS) is 19.2. The van der Waals surface area contributed by atoms with E-state index < -0.39 is 11.4 Å². The Kier molecular flexibility index (Phi) is 3.84. The predicted molar refractivity (Wildman–Crippen MR) is 65.4 cm³/mol. The minimum absolute atomic E-state index is 0.124. The van der Waals surface area contributed by atoms with E-state index in [4.69, 9.17) is 4.74 Å². The van der Waals surface area contributed by atoms with Gasteiger partial charge in [0.15, 0.2) is 0 Å². The maximum absolute atomic E-state index is 12.3. The molecule has 0 aromatic carbocycles. The molecule has 0 atom stereocenters. The lowest BCUT2D eigenvalue weighted by atomic mass is 9.91. The van der Waals surface area contributed by atoms with Crippen molar-refractivity contribution >= 4 is 11.9 Å². The second-order valence-electron chi connectivity index (χ2n) is 5.99. The van der Waals surface area contributed by atoms with Gasteiger partial charge < -0.3 is 9.64 Å². The van der Waals surface area contributed by atoms with E-state index in [9.17, 15) is 9.59 Å². The van der Waals surface area contributed by atoms with E-state index in [0.717, 1.165) is 13.0 Å². The molecule has 17 heavy (non-hydrogen) atoms. The minimum atomic E-state index is -1.07. The van der Waals surface area contributed by atoms with E-state index in [1.54, 1.807) is 25.7 Å². The van der Waals surface area contributed by atoms with Crippen LogP contribution in [0.15, 0.2) is 0 Å². The van der Waals surface area contributed by atoms with Crippen molar-refractivity contribution in [2.24, 2.45) is 10.8 Å². The number of esters is 1. The fraction of sp³-hybridized carbons (Fsp3) is 0.846. The Bertz CT molecular complexity index is 321. The molecule has 0 bridgehead atoms. The van der Waals surface area contributed by atoms with Gasteiger partial charge in [0.05, 0.1) is 6.61 Å². The van der Waals surface area contributed by atoms with Gasteiger partial charge in [-0.25, -0.2) is 0 Å². The number of ether oxygens (including phenoxy) is 1. The zero-order chi connectivity index (χ0) is 13.3. The number of likely N-dealkylation sites (tertiary alicyclic amines) is 1. The van der Waals surface area contributed by atoms with Crippen molar-refractivity contribution in [3.05, 3.63) is 0 Å². The van der Waals surface area contributed by atoms with Gasteiger partial charge in [-0.2, -0.15) is 0 Å². The van der Waals surface area contributed by atoms with Crippen LogP contribution >= 0.6 is 0 Å². The highest BCUT2D eigenvalue weighted by Crippen LogP contribution is 2.32. The van der Waals surface area contributed by atoms with Gasteiger partial charge in [0, 0.05) is 13.1 Å². The van der Waals surface area contributed by atoms with Gasteiger partial charge in [-0.3, -0.25) is 9.59 Å². The lowest BCUT2D eigenvalue weighted by Crippen LogP contribution is -2.45. The lowest BCUT2D eigenvalue weighted by molar-refractivity contribution is -0.162. The summed E-state index contributed by atoms with van der Waals surface area (Å²) in [5.74, 6) is -0.559. The Morgan fingerprint density at radius 2 is 1.94 bits per heavy atom. The smallest absolute Gasteiger partial charge is 0.321 e. The summed E-state index contributed by atoms with van der Waals surface area (Å²) in [7, 11) is 0. The van der Waals surface area contributed by atoms with E-state index in [1.165, 1.54) is 0 Å². The number of hydrogen-bond donors (Lipinski definition) is 0. The quantitative estimate of drug-likeness (QED) is 0.559. The Balaban J connectivity index is 2.73. The van der Waals surface area contributed by atoms with Crippen molar-refractivity contribution in [2.45, 2.75) is 41.0 Å². The highest BCUT2D eigenvalue weighted by molar-refractivity contribution is 6.01.